The van der Waals surface area contributed by atoms with E-state index >= 15 is 0 Å². The van der Waals surface area contributed by atoms with Crippen molar-refractivity contribution in [3.63, 3.8) is 0 Å². The van der Waals surface area contributed by atoms with Gasteiger partial charge in [0.05, 0.1) is 6.54 Å². The van der Waals surface area contributed by atoms with Gasteiger partial charge in [-0.2, -0.15) is 0 Å². The number of hydrogen-bond acceptors (Lipinski definition) is 5. The van der Waals surface area contributed by atoms with Gasteiger partial charge in [0.25, 0.3) is 5.91 Å². The molecule has 4 rings (SSSR count). The molecule has 1 amide bonds. The Morgan fingerprint density at radius 2 is 1.47 bits per heavy atom. The number of ether oxygens (including phenoxy) is 1. The summed E-state index contributed by atoms with van der Waals surface area (Å²) < 4.78 is 11.5. The molecule has 0 fully saturated rings. The molecular formula is C25H22ClN3O3. The van der Waals surface area contributed by atoms with Crippen molar-refractivity contribution in [2.45, 2.75) is 6.92 Å². The van der Waals surface area contributed by atoms with Gasteiger partial charge in [-0.25, -0.2) is 0 Å². The molecule has 7 heteroatoms. The zero-order valence-corrected chi connectivity index (χ0v) is 18.5. The lowest BCUT2D eigenvalue weighted by atomic mass is 10.1. The molecule has 0 aliphatic rings. The number of halogens is 1. The lowest BCUT2D eigenvalue weighted by Gasteiger charge is -2.17. The molecule has 32 heavy (non-hydrogen) atoms. The first-order valence-corrected chi connectivity index (χ1v) is 10.5. The summed E-state index contributed by atoms with van der Waals surface area (Å²) in [6, 6.07) is 22.1. The van der Waals surface area contributed by atoms with E-state index in [-0.39, 0.29) is 5.91 Å². The van der Waals surface area contributed by atoms with E-state index in [1.54, 1.807) is 60.5 Å². The Labute approximate surface area is 191 Å². The van der Waals surface area contributed by atoms with E-state index < -0.39 is 0 Å². The summed E-state index contributed by atoms with van der Waals surface area (Å²) >= 11 is 5.87. The predicted octanol–water partition coefficient (Wildman–Crippen LogP) is 5.52. The highest BCUT2D eigenvalue weighted by atomic mass is 35.5. The maximum absolute atomic E-state index is 12.7. The monoisotopic (exact) mass is 447 g/mol. The first-order valence-electron chi connectivity index (χ1n) is 10.1. The highest BCUT2D eigenvalue weighted by molar-refractivity contribution is 6.30. The van der Waals surface area contributed by atoms with E-state index in [4.69, 9.17) is 20.8 Å². The smallest absolute Gasteiger partial charge is 0.253 e. The number of hydrogen-bond donors (Lipinski definition) is 0. The number of rotatable bonds is 7. The molecule has 0 aliphatic carbocycles. The van der Waals surface area contributed by atoms with Crippen molar-refractivity contribution in [3.8, 4) is 28.7 Å². The van der Waals surface area contributed by atoms with Crippen LogP contribution in [0.25, 0.3) is 22.9 Å². The zero-order valence-electron chi connectivity index (χ0n) is 17.8. The van der Waals surface area contributed by atoms with Crippen molar-refractivity contribution in [3.05, 3.63) is 88.9 Å². The highest BCUT2D eigenvalue weighted by Gasteiger charge is 2.14. The SMILES string of the molecule is Cc1ccc(-c2nnc(-c3ccc(C(=O)N(C)CCOc4ccc(Cl)cc4)cc3)o2)cc1. The zero-order chi connectivity index (χ0) is 22.5. The normalized spacial score (nSPS) is 10.7. The van der Waals surface area contributed by atoms with Crippen molar-refractivity contribution in [1.29, 1.82) is 0 Å². The molecule has 6 nitrogen and oxygen atoms in total. The average Bonchev–Trinajstić information content (AvgIpc) is 3.31. The van der Waals surface area contributed by atoms with Crippen molar-refractivity contribution in [2.24, 2.45) is 0 Å². The van der Waals surface area contributed by atoms with Crippen LogP contribution in [0.15, 0.2) is 77.2 Å². The van der Waals surface area contributed by atoms with Crippen molar-refractivity contribution in [2.75, 3.05) is 20.2 Å². The van der Waals surface area contributed by atoms with Gasteiger partial charge in [0.1, 0.15) is 12.4 Å². The van der Waals surface area contributed by atoms with Crippen LogP contribution >= 0.6 is 11.6 Å². The third-order valence-corrected chi connectivity index (χ3v) is 5.21. The molecule has 1 aromatic heterocycles. The van der Waals surface area contributed by atoms with Crippen molar-refractivity contribution < 1.29 is 13.9 Å². The molecule has 0 bridgehead atoms. The van der Waals surface area contributed by atoms with E-state index in [0.717, 1.165) is 16.7 Å². The molecule has 0 saturated carbocycles. The Morgan fingerprint density at radius 1 is 0.906 bits per heavy atom. The second-order valence-electron chi connectivity index (χ2n) is 7.38. The number of carbonyl (C=O) groups is 1. The molecule has 0 atom stereocenters. The Bertz CT molecular complexity index is 1190. The van der Waals surface area contributed by atoms with Gasteiger partial charge in [-0.1, -0.05) is 29.3 Å². The fraction of sp³-hybridized carbons (Fsp3) is 0.160. The Balaban J connectivity index is 1.36. The minimum Gasteiger partial charge on any atom is -0.492 e. The van der Waals surface area contributed by atoms with Crippen LogP contribution in [0.5, 0.6) is 5.75 Å². The molecule has 0 unspecified atom stereocenters. The molecule has 162 valence electrons. The summed E-state index contributed by atoms with van der Waals surface area (Å²) in [6.45, 7) is 2.86. The number of aryl methyl sites for hydroxylation is 1. The first-order chi connectivity index (χ1) is 15.5. The number of aromatic nitrogens is 2. The molecule has 0 N–H and O–H groups in total. The third kappa shape index (κ3) is 5.15. The minimum absolute atomic E-state index is 0.0953. The molecule has 0 radical (unpaired) electrons. The number of nitrogens with zero attached hydrogens (tertiary/aromatic N) is 3. The molecule has 0 saturated heterocycles. The summed E-state index contributed by atoms with van der Waals surface area (Å²) in [5.74, 6) is 1.48. The van der Waals surface area contributed by atoms with Crippen molar-refractivity contribution >= 4 is 17.5 Å². The summed E-state index contributed by atoms with van der Waals surface area (Å²) in [4.78, 5) is 14.3. The summed E-state index contributed by atoms with van der Waals surface area (Å²) in [6.07, 6.45) is 0. The Morgan fingerprint density at radius 3 is 2.06 bits per heavy atom. The van der Waals surface area contributed by atoms with E-state index in [2.05, 4.69) is 10.2 Å². The third-order valence-electron chi connectivity index (χ3n) is 4.96. The number of likely N-dealkylation sites (N-methyl/N-ethyl adjacent to an activating group) is 1. The van der Waals surface area contributed by atoms with Crippen LogP contribution in [-0.2, 0) is 0 Å². The van der Waals surface area contributed by atoms with Crippen LogP contribution in [-0.4, -0.2) is 41.2 Å². The summed E-state index contributed by atoms with van der Waals surface area (Å²) in [7, 11) is 1.74. The van der Waals surface area contributed by atoms with Crippen LogP contribution in [0, 0.1) is 6.92 Å². The van der Waals surface area contributed by atoms with Gasteiger partial charge >= 0.3 is 0 Å². The lowest BCUT2D eigenvalue weighted by molar-refractivity contribution is 0.0774. The van der Waals surface area contributed by atoms with E-state index in [9.17, 15) is 4.79 Å². The first kappa shape index (κ1) is 21.6. The second-order valence-corrected chi connectivity index (χ2v) is 7.82. The number of benzene rings is 3. The van der Waals surface area contributed by atoms with Gasteiger partial charge in [-0.05, 0) is 67.6 Å². The van der Waals surface area contributed by atoms with Crippen LogP contribution in [0.2, 0.25) is 5.02 Å². The van der Waals surface area contributed by atoms with Crippen LogP contribution < -0.4 is 4.74 Å². The Hall–Kier alpha value is -3.64. The fourth-order valence-corrected chi connectivity index (χ4v) is 3.19. The standard InChI is InChI=1S/C25H22ClN3O3/c1-17-3-5-18(6-4-17)23-27-28-24(32-23)19-7-9-20(10-8-19)25(30)29(2)15-16-31-22-13-11-21(26)12-14-22/h3-14H,15-16H2,1-2H3. The Kier molecular flexibility index (Phi) is 6.52. The summed E-state index contributed by atoms with van der Waals surface area (Å²) in [5, 5.41) is 8.91. The van der Waals surface area contributed by atoms with Gasteiger partial charge < -0.3 is 14.1 Å². The van der Waals surface area contributed by atoms with Gasteiger partial charge in [0, 0.05) is 28.8 Å². The number of amides is 1. The van der Waals surface area contributed by atoms with Crippen LogP contribution in [0.1, 0.15) is 15.9 Å². The van der Waals surface area contributed by atoms with E-state index in [0.29, 0.717) is 41.3 Å². The van der Waals surface area contributed by atoms with Gasteiger partial charge in [-0.3, -0.25) is 4.79 Å². The maximum Gasteiger partial charge on any atom is 0.253 e. The highest BCUT2D eigenvalue weighted by Crippen LogP contribution is 2.24. The molecule has 0 aliphatic heterocycles. The largest absolute Gasteiger partial charge is 0.492 e. The minimum atomic E-state index is -0.0953. The van der Waals surface area contributed by atoms with Gasteiger partial charge in [-0.15, -0.1) is 10.2 Å². The maximum atomic E-state index is 12.7. The molecule has 4 aromatic rings. The summed E-state index contributed by atoms with van der Waals surface area (Å²) in [5.41, 5.74) is 3.35. The average molecular weight is 448 g/mol. The molecule has 0 spiro atoms. The fourth-order valence-electron chi connectivity index (χ4n) is 3.06. The van der Waals surface area contributed by atoms with E-state index in [1.165, 1.54) is 0 Å². The quantitative estimate of drug-likeness (QED) is 0.373. The second kappa shape index (κ2) is 9.66. The van der Waals surface area contributed by atoms with Crippen LogP contribution in [0.4, 0.5) is 0 Å². The molecule has 1 heterocycles. The number of carbonyl (C=O) groups excluding carboxylic acids is 1. The lowest BCUT2D eigenvalue weighted by Crippen LogP contribution is -2.30. The van der Waals surface area contributed by atoms with Gasteiger partial charge in [0.15, 0.2) is 0 Å². The van der Waals surface area contributed by atoms with Gasteiger partial charge in [0.2, 0.25) is 11.8 Å². The molecule has 3 aromatic carbocycles. The predicted molar refractivity (Wildman–Crippen MR) is 124 cm³/mol. The van der Waals surface area contributed by atoms with Crippen LogP contribution in [0.3, 0.4) is 0 Å². The van der Waals surface area contributed by atoms with E-state index in [1.807, 2.05) is 31.2 Å². The molecular weight excluding hydrogens is 426 g/mol. The topological polar surface area (TPSA) is 68.5 Å². The van der Waals surface area contributed by atoms with Crippen molar-refractivity contribution in [1.82, 2.24) is 15.1 Å².